The van der Waals surface area contributed by atoms with Gasteiger partial charge < -0.3 is 15.4 Å². The van der Waals surface area contributed by atoms with Crippen LogP contribution in [0.2, 0.25) is 0 Å². The van der Waals surface area contributed by atoms with Crippen LogP contribution in [0.3, 0.4) is 0 Å². The maximum Gasteiger partial charge on any atom is 0.341 e. The third kappa shape index (κ3) is 5.02. The molecule has 0 aliphatic carbocycles. The van der Waals surface area contributed by atoms with Gasteiger partial charge in [0, 0.05) is 15.4 Å². The Morgan fingerprint density at radius 3 is 2.48 bits per heavy atom. The van der Waals surface area contributed by atoms with Crippen molar-refractivity contribution in [3.63, 3.8) is 0 Å². The maximum absolute atomic E-state index is 12.4. The van der Waals surface area contributed by atoms with Gasteiger partial charge in [0.25, 0.3) is 5.91 Å². The molecule has 1 heterocycles. The normalized spacial score (nSPS) is 10.2. The SMILES string of the molecule is CC(=O)Nc1sc(C)c(C)c1C(=O)OCC(=O)Nc1ccccc1I. The molecule has 0 radical (unpaired) electrons. The van der Waals surface area contributed by atoms with Crippen LogP contribution in [0.25, 0.3) is 0 Å². The van der Waals surface area contributed by atoms with E-state index in [9.17, 15) is 14.4 Å². The average Bonchev–Trinajstić information content (AvgIpc) is 2.81. The fourth-order valence-corrected chi connectivity index (χ4v) is 3.69. The van der Waals surface area contributed by atoms with Crippen LogP contribution in [-0.4, -0.2) is 24.4 Å². The van der Waals surface area contributed by atoms with Gasteiger partial charge in [0.05, 0.1) is 11.3 Å². The molecule has 0 spiro atoms. The van der Waals surface area contributed by atoms with Crippen molar-refractivity contribution >= 4 is 62.4 Å². The lowest BCUT2D eigenvalue weighted by Crippen LogP contribution is -2.22. The highest BCUT2D eigenvalue weighted by molar-refractivity contribution is 14.1. The lowest BCUT2D eigenvalue weighted by atomic mass is 10.1. The summed E-state index contributed by atoms with van der Waals surface area (Å²) in [4.78, 5) is 36.5. The molecule has 0 bridgehead atoms. The van der Waals surface area contributed by atoms with Crippen molar-refractivity contribution in [2.75, 3.05) is 17.2 Å². The van der Waals surface area contributed by atoms with E-state index in [0.717, 1.165) is 14.0 Å². The molecule has 8 heteroatoms. The summed E-state index contributed by atoms with van der Waals surface area (Å²) in [6.45, 7) is 4.60. The number of carbonyl (C=O) groups is 3. The van der Waals surface area contributed by atoms with Gasteiger partial charge in [0.15, 0.2) is 6.61 Å². The van der Waals surface area contributed by atoms with Gasteiger partial charge in [-0.05, 0) is 54.1 Å². The number of hydrogen-bond donors (Lipinski definition) is 2. The zero-order valence-electron chi connectivity index (χ0n) is 13.9. The number of amides is 2. The minimum Gasteiger partial charge on any atom is -0.452 e. The van der Waals surface area contributed by atoms with E-state index in [2.05, 4.69) is 33.2 Å². The molecule has 0 aliphatic heterocycles. The predicted octanol–water partition coefficient (Wildman–Crippen LogP) is 3.72. The first-order valence-corrected chi connectivity index (χ1v) is 9.28. The molecule has 0 atom stereocenters. The monoisotopic (exact) mass is 472 g/mol. The van der Waals surface area contributed by atoms with Crippen molar-refractivity contribution in [1.29, 1.82) is 0 Å². The van der Waals surface area contributed by atoms with Gasteiger partial charge >= 0.3 is 5.97 Å². The van der Waals surface area contributed by atoms with Gasteiger partial charge in [-0.25, -0.2) is 4.79 Å². The highest BCUT2D eigenvalue weighted by Gasteiger charge is 2.22. The Kier molecular flexibility index (Phi) is 6.54. The zero-order valence-corrected chi connectivity index (χ0v) is 16.9. The lowest BCUT2D eigenvalue weighted by Gasteiger charge is -2.09. The van der Waals surface area contributed by atoms with Crippen LogP contribution in [0, 0.1) is 17.4 Å². The average molecular weight is 472 g/mol. The third-order valence-corrected chi connectivity index (χ3v) is 5.42. The highest BCUT2D eigenvalue weighted by atomic mass is 127. The Bertz CT molecular complexity index is 832. The second-order valence-electron chi connectivity index (χ2n) is 5.27. The highest BCUT2D eigenvalue weighted by Crippen LogP contribution is 2.33. The van der Waals surface area contributed by atoms with Crippen molar-refractivity contribution < 1.29 is 19.1 Å². The molecule has 6 nitrogen and oxygen atoms in total. The molecule has 2 N–H and O–H groups in total. The summed E-state index contributed by atoms with van der Waals surface area (Å²) < 4.78 is 6.01. The van der Waals surface area contributed by atoms with E-state index in [1.54, 1.807) is 19.1 Å². The minimum atomic E-state index is -0.636. The molecular weight excluding hydrogens is 455 g/mol. The van der Waals surface area contributed by atoms with Gasteiger partial charge in [0.1, 0.15) is 5.00 Å². The molecular formula is C17H17IN2O4S. The quantitative estimate of drug-likeness (QED) is 0.513. The van der Waals surface area contributed by atoms with E-state index in [1.807, 2.05) is 19.1 Å². The topological polar surface area (TPSA) is 84.5 Å². The number of thiophene rings is 1. The number of ether oxygens (including phenoxy) is 1. The number of hydrogen-bond acceptors (Lipinski definition) is 5. The number of benzene rings is 1. The fraction of sp³-hybridized carbons (Fsp3) is 0.235. The van der Waals surface area contributed by atoms with Gasteiger partial charge in [-0.3, -0.25) is 9.59 Å². The van der Waals surface area contributed by atoms with Crippen LogP contribution in [0.5, 0.6) is 0 Å². The molecule has 0 saturated carbocycles. The summed E-state index contributed by atoms with van der Waals surface area (Å²) in [6.07, 6.45) is 0. The predicted molar refractivity (Wildman–Crippen MR) is 106 cm³/mol. The summed E-state index contributed by atoms with van der Waals surface area (Å²) in [7, 11) is 0. The summed E-state index contributed by atoms with van der Waals surface area (Å²) in [5, 5.41) is 5.76. The van der Waals surface area contributed by atoms with E-state index >= 15 is 0 Å². The smallest absolute Gasteiger partial charge is 0.341 e. The molecule has 0 unspecified atom stereocenters. The zero-order chi connectivity index (χ0) is 18.6. The first-order chi connectivity index (χ1) is 11.8. The molecule has 0 aliphatic rings. The Morgan fingerprint density at radius 2 is 1.84 bits per heavy atom. The van der Waals surface area contributed by atoms with Crippen LogP contribution in [0.4, 0.5) is 10.7 Å². The van der Waals surface area contributed by atoms with Crippen LogP contribution in [0.15, 0.2) is 24.3 Å². The van der Waals surface area contributed by atoms with Crippen LogP contribution < -0.4 is 10.6 Å². The van der Waals surface area contributed by atoms with Crippen molar-refractivity contribution in [3.05, 3.63) is 43.8 Å². The second kappa shape index (κ2) is 8.43. The first kappa shape index (κ1) is 19.4. The maximum atomic E-state index is 12.4. The molecule has 2 rings (SSSR count). The van der Waals surface area contributed by atoms with Gasteiger partial charge in [-0.1, -0.05) is 12.1 Å². The Morgan fingerprint density at radius 1 is 1.16 bits per heavy atom. The second-order valence-corrected chi connectivity index (χ2v) is 7.66. The third-order valence-electron chi connectivity index (χ3n) is 3.36. The lowest BCUT2D eigenvalue weighted by molar-refractivity contribution is -0.119. The number of anilines is 2. The van der Waals surface area contributed by atoms with Gasteiger partial charge in [-0.15, -0.1) is 11.3 Å². The number of halogens is 1. The van der Waals surface area contributed by atoms with Crippen LogP contribution in [-0.2, 0) is 14.3 Å². The largest absolute Gasteiger partial charge is 0.452 e. The number of para-hydroxylation sites is 1. The summed E-state index contributed by atoms with van der Waals surface area (Å²) in [5.41, 5.74) is 1.68. The summed E-state index contributed by atoms with van der Waals surface area (Å²) >= 11 is 3.41. The first-order valence-electron chi connectivity index (χ1n) is 7.38. The summed E-state index contributed by atoms with van der Waals surface area (Å²) in [5.74, 6) is -1.33. The minimum absolute atomic E-state index is 0.272. The number of aryl methyl sites for hydroxylation is 1. The van der Waals surface area contributed by atoms with Crippen molar-refractivity contribution in [2.24, 2.45) is 0 Å². The van der Waals surface area contributed by atoms with Crippen molar-refractivity contribution in [3.8, 4) is 0 Å². The Hall–Kier alpha value is -1.94. The molecule has 0 saturated heterocycles. The Labute approximate surface area is 163 Å². The van der Waals surface area contributed by atoms with E-state index in [4.69, 9.17) is 4.74 Å². The molecule has 1 aromatic carbocycles. The number of esters is 1. The van der Waals surface area contributed by atoms with Gasteiger partial charge in [-0.2, -0.15) is 0 Å². The van der Waals surface area contributed by atoms with E-state index in [0.29, 0.717) is 16.3 Å². The molecule has 0 fully saturated rings. The standard InChI is InChI=1S/C17H17IN2O4S/c1-9-10(2)25-16(19-11(3)21)15(9)17(23)24-8-14(22)20-13-7-5-4-6-12(13)18/h4-7H,8H2,1-3H3,(H,19,21)(H,20,22). The number of nitrogens with one attached hydrogen (secondary N) is 2. The number of carbonyl (C=O) groups excluding carboxylic acids is 3. The molecule has 1 aromatic heterocycles. The molecule has 132 valence electrons. The van der Waals surface area contributed by atoms with Gasteiger partial charge in [0.2, 0.25) is 5.91 Å². The fourth-order valence-electron chi connectivity index (χ4n) is 2.07. The van der Waals surface area contributed by atoms with Crippen molar-refractivity contribution in [1.82, 2.24) is 0 Å². The van der Waals surface area contributed by atoms with E-state index in [-0.39, 0.29) is 5.91 Å². The number of rotatable bonds is 5. The summed E-state index contributed by atoms with van der Waals surface area (Å²) in [6, 6.07) is 7.30. The molecule has 25 heavy (non-hydrogen) atoms. The van der Waals surface area contributed by atoms with Crippen LogP contribution >= 0.6 is 33.9 Å². The molecule has 2 amide bonds. The van der Waals surface area contributed by atoms with Crippen molar-refractivity contribution in [2.45, 2.75) is 20.8 Å². The van der Waals surface area contributed by atoms with E-state index < -0.39 is 18.5 Å². The Balaban J connectivity index is 2.04. The van der Waals surface area contributed by atoms with Crippen LogP contribution in [0.1, 0.15) is 27.7 Å². The van der Waals surface area contributed by atoms with E-state index in [1.165, 1.54) is 18.3 Å². The molecule has 2 aromatic rings.